The number of hydrogen-bond donors (Lipinski definition) is 0. The molecule has 0 unspecified atom stereocenters. The summed E-state index contributed by atoms with van der Waals surface area (Å²) >= 11 is 0. The van der Waals surface area contributed by atoms with Crippen LogP contribution in [0.15, 0.2) is 48.5 Å². The average molecular weight is 276 g/mol. The van der Waals surface area contributed by atoms with E-state index in [1.165, 1.54) is 36.4 Å². The van der Waals surface area contributed by atoms with Crippen molar-refractivity contribution in [3.05, 3.63) is 71.8 Å². The van der Waals surface area contributed by atoms with E-state index in [4.69, 9.17) is 0 Å². The van der Waals surface area contributed by atoms with E-state index >= 15 is 0 Å². The van der Waals surface area contributed by atoms with Gasteiger partial charge in [-0.25, -0.2) is 17.6 Å². The zero-order chi connectivity index (χ0) is 12.0. The van der Waals surface area contributed by atoms with Crippen LogP contribution in [-0.2, 0) is 21.7 Å². The third-order valence-corrected chi connectivity index (χ3v) is 1.57. The second kappa shape index (κ2) is 8.04. The topological polar surface area (TPSA) is 0 Å². The molecule has 0 bridgehead atoms. The third-order valence-electron chi connectivity index (χ3n) is 1.57. The van der Waals surface area contributed by atoms with E-state index in [1.807, 2.05) is 0 Å². The van der Waals surface area contributed by atoms with Gasteiger partial charge in [0, 0.05) is 33.9 Å². The molecule has 0 spiro atoms. The van der Waals surface area contributed by atoms with Gasteiger partial charge in [0.05, 0.1) is 0 Å². The van der Waals surface area contributed by atoms with Crippen molar-refractivity contribution in [2.75, 3.05) is 0 Å². The van der Waals surface area contributed by atoms with Crippen molar-refractivity contribution in [2.24, 2.45) is 0 Å². The molecule has 0 fully saturated rings. The van der Waals surface area contributed by atoms with Gasteiger partial charge in [-0.15, -0.1) is 0 Å². The minimum Gasteiger partial charge on any atom is -0.207 e. The van der Waals surface area contributed by atoms with E-state index < -0.39 is 23.3 Å². The normalized spacial score (nSPS) is 8.71. The molecule has 0 aliphatic heterocycles. The van der Waals surface area contributed by atoms with Crippen molar-refractivity contribution in [3.8, 4) is 0 Å². The van der Waals surface area contributed by atoms with Crippen LogP contribution >= 0.6 is 0 Å². The smallest absolute Gasteiger partial charge is 0.126 e. The minimum absolute atomic E-state index is 0. The molecule has 0 heterocycles. The van der Waals surface area contributed by atoms with Crippen molar-refractivity contribution in [1.29, 1.82) is 0 Å². The SMILES string of the molecule is Fc1cccc(F)c1.Fc1cccc(F)c1.[Ti]. The summed E-state index contributed by atoms with van der Waals surface area (Å²) in [6.45, 7) is 0. The van der Waals surface area contributed by atoms with E-state index in [9.17, 15) is 17.6 Å². The van der Waals surface area contributed by atoms with Crippen LogP contribution in [0.4, 0.5) is 17.6 Å². The maximum atomic E-state index is 11.9. The van der Waals surface area contributed by atoms with Crippen LogP contribution < -0.4 is 0 Å². The Labute approximate surface area is 111 Å². The Morgan fingerprint density at radius 2 is 0.765 bits per heavy atom. The van der Waals surface area contributed by atoms with Crippen LogP contribution in [0.5, 0.6) is 0 Å². The monoisotopic (exact) mass is 276 g/mol. The Hall–Kier alpha value is -1.13. The molecule has 2 rings (SSSR count). The molecule has 0 nitrogen and oxygen atoms in total. The fraction of sp³-hybridized carbons (Fsp3) is 0. The standard InChI is InChI=1S/2C6H4F2.Ti/c2*7-5-2-1-3-6(8)4-5;/h2*1-4H;. The molecular weight excluding hydrogens is 268 g/mol. The van der Waals surface area contributed by atoms with Crippen molar-refractivity contribution in [2.45, 2.75) is 0 Å². The Kier molecular flexibility index (Phi) is 7.51. The van der Waals surface area contributed by atoms with Gasteiger partial charge in [0.2, 0.25) is 0 Å². The molecule has 0 saturated carbocycles. The summed E-state index contributed by atoms with van der Waals surface area (Å²) < 4.78 is 47.7. The Bertz CT molecular complexity index is 382. The van der Waals surface area contributed by atoms with Gasteiger partial charge in [-0.2, -0.15) is 0 Å². The van der Waals surface area contributed by atoms with Crippen LogP contribution in [-0.4, -0.2) is 0 Å². The largest absolute Gasteiger partial charge is 0.207 e. The zero-order valence-corrected chi connectivity index (χ0v) is 10.2. The Balaban J connectivity index is 0.000000284. The van der Waals surface area contributed by atoms with Gasteiger partial charge in [-0.3, -0.25) is 0 Å². The molecule has 88 valence electrons. The van der Waals surface area contributed by atoms with Crippen LogP contribution in [0.2, 0.25) is 0 Å². The molecule has 0 aromatic heterocycles. The maximum absolute atomic E-state index is 11.9. The van der Waals surface area contributed by atoms with Crippen molar-refractivity contribution >= 4 is 0 Å². The zero-order valence-electron chi connectivity index (χ0n) is 8.63. The number of hydrogen-bond acceptors (Lipinski definition) is 0. The van der Waals surface area contributed by atoms with Crippen LogP contribution in [0.3, 0.4) is 0 Å². The fourth-order valence-corrected chi connectivity index (χ4v) is 0.920. The molecule has 2 aromatic rings. The van der Waals surface area contributed by atoms with E-state index in [2.05, 4.69) is 0 Å². The minimum atomic E-state index is -0.537. The average Bonchev–Trinajstić information content (AvgIpc) is 2.17. The van der Waals surface area contributed by atoms with Gasteiger partial charge >= 0.3 is 0 Å². The third kappa shape index (κ3) is 6.92. The summed E-state index contributed by atoms with van der Waals surface area (Å²) in [7, 11) is 0. The summed E-state index contributed by atoms with van der Waals surface area (Å²) in [4.78, 5) is 0. The molecule has 2 aromatic carbocycles. The van der Waals surface area contributed by atoms with Gasteiger partial charge in [0.1, 0.15) is 23.3 Å². The van der Waals surface area contributed by atoms with Gasteiger partial charge in [0.15, 0.2) is 0 Å². The first kappa shape index (κ1) is 15.9. The summed E-state index contributed by atoms with van der Waals surface area (Å²) in [5.41, 5.74) is 0. The van der Waals surface area contributed by atoms with Crippen LogP contribution in [0, 0.1) is 23.3 Å². The van der Waals surface area contributed by atoms with Crippen molar-refractivity contribution in [1.82, 2.24) is 0 Å². The molecule has 0 aliphatic rings. The second-order valence-corrected chi connectivity index (χ2v) is 2.88. The quantitative estimate of drug-likeness (QED) is 0.505. The van der Waals surface area contributed by atoms with Gasteiger partial charge in [0.25, 0.3) is 0 Å². The van der Waals surface area contributed by atoms with Crippen LogP contribution in [0.1, 0.15) is 0 Å². The van der Waals surface area contributed by atoms with E-state index in [1.54, 1.807) is 0 Å². The Morgan fingerprint density at radius 3 is 0.882 bits per heavy atom. The maximum Gasteiger partial charge on any atom is 0.126 e. The molecule has 17 heavy (non-hydrogen) atoms. The number of rotatable bonds is 0. The molecule has 5 heteroatoms. The first-order valence-corrected chi connectivity index (χ1v) is 4.40. The predicted octanol–water partition coefficient (Wildman–Crippen LogP) is 3.93. The molecule has 0 amide bonds. The molecule has 0 radical (unpaired) electrons. The summed E-state index contributed by atoms with van der Waals surface area (Å²) in [5.74, 6) is -2.15. The first-order valence-electron chi connectivity index (χ1n) is 4.40. The van der Waals surface area contributed by atoms with Gasteiger partial charge in [-0.1, -0.05) is 12.1 Å². The second-order valence-electron chi connectivity index (χ2n) is 2.88. The summed E-state index contributed by atoms with van der Waals surface area (Å²) in [6.07, 6.45) is 0. The molecule has 0 N–H and O–H groups in total. The molecular formula is C12H8F4Ti. The molecule has 0 saturated heterocycles. The number of benzene rings is 2. The fourth-order valence-electron chi connectivity index (χ4n) is 0.920. The van der Waals surface area contributed by atoms with Crippen LogP contribution in [0.25, 0.3) is 0 Å². The number of halogens is 4. The Morgan fingerprint density at radius 1 is 0.529 bits per heavy atom. The van der Waals surface area contributed by atoms with Gasteiger partial charge < -0.3 is 0 Å². The van der Waals surface area contributed by atoms with Crippen molar-refractivity contribution in [3.63, 3.8) is 0 Å². The molecule has 0 aliphatic carbocycles. The van der Waals surface area contributed by atoms with E-state index in [0.717, 1.165) is 12.1 Å². The summed E-state index contributed by atoms with van der Waals surface area (Å²) in [6, 6.07) is 9.10. The van der Waals surface area contributed by atoms with E-state index in [-0.39, 0.29) is 21.7 Å². The molecule has 0 atom stereocenters. The van der Waals surface area contributed by atoms with Crippen molar-refractivity contribution < 1.29 is 39.3 Å². The predicted molar refractivity (Wildman–Crippen MR) is 52.7 cm³/mol. The summed E-state index contributed by atoms with van der Waals surface area (Å²) in [5, 5.41) is 0. The van der Waals surface area contributed by atoms with Gasteiger partial charge in [-0.05, 0) is 24.3 Å². The first-order chi connectivity index (χ1) is 7.58. The van der Waals surface area contributed by atoms with E-state index in [0.29, 0.717) is 0 Å².